The summed E-state index contributed by atoms with van der Waals surface area (Å²) in [7, 11) is 0. The Morgan fingerprint density at radius 2 is 2.08 bits per heavy atom. The van der Waals surface area contributed by atoms with Gasteiger partial charge in [0.05, 0.1) is 6.26 Å². The molecule has 3 heterocycles. The second-order valence-electron chi connectivity index (χ2n) is 5.57. The van der Waals surface area contributed by atoms with Crippen molar-refractivity contribution in [1.29, 1.82) is 0 Å². The van der Waals surface area contributed by atoms with E-state index in [0.29, 0.717) is 29.2 Å². The first-order chi connectivity index (χ1) is 11.6. The molecular formula is C16H16N7O+. The zero-order valence-electron chi connectivity index (χ0n) is 13.0. The third kappa shape index (κ3) is 2.34. The number of aromatic nitrogens is 5. The van der Waals surface area contributed by atoms with Gasteiger partial charge in [-0.25, -0.2) is 0 Å². The Hall–Kier alpha value is -3.42. The SMILES string of the molecule is Cc1cc(C[n+]2[nH]nc3c(-c4ccco4)nc(N)nc32)ccc1N. The molecule has 0 bridgehead atoms. The molecule has 4 rings (SSSR count). The molecular weight excluding hydrogens is 306 g/mol. The lowest BCUT2D eigenvalue weighted by Crippen LogP contribution is -2.37. The number of rotatable bonds is 3. The van der Waals surface area contributed by atoms with Gasteiger partial charge in [-0.3, -0.25) is 0 Å². The van der Waals surface area contributed by atoms with Crippen molar-refractivity contribution in [2.75, 3.05) is 11.5 Å². The summed E-state index contributed by atoms with van der Waals surface area (Å²) in [5.74, 6) is 0.758. The summed E-state index contributed by atoms with van der Waals surface area (Å²) in [5, 5.41) is 7.29. The first kappa shape index (κ1) is 14.2. The molecule has 0 aliphatic heterocycles. The number of aryl methyl sites for hydroxylation is 1. The molecule has 5 N–H and O–H groups in total. The summed E-state index contributed by atoms with van der Waals surface area (Å²) in [6.07, 6.45) is 1.58. The van der Waals surface area contributed by atoms with Gasteiger partial charge < -0.3 is 15.9 Å². The number of anilines is 2. The molecule has 3 aromatic heterocycles. The number of furan rings is 1. The third-order valence-electron chi connectivity index (χ3n) is 3.85. The van der Waals surface area contributed by atoms with Gasteiger partial charge in [-0.15, -0.1) is 5.21 Å². The van der Waals surface area contributed by atoms with Crippen LogP contribution in [0.5, 0.6) is 0 Å². The minimum absolute atomic E-state index is 0.164. The number of H-pyrrole nitrogens is 1. The normalized spacial score (nSPS) is 11.2. The Morgan fingerprint density at radius 3 is 2.83 bits per heavy atom. The maximum atomic E-state index is 5.87. The summed E-state index contributed by atoms with van der Waals surface area (Å²) < 4.78 is 7.23. The molecule has 0 unspecified atom stereocenters. The largest absolute Gasteiger partial charge is 0.463 e. The van der Waals surface area contributed by atoms with Gasteiger partial charge in [0.25, 0.3) is 11.5 Å². The number of nitrogen functional groups attached to an aromatic ring is 2. The van der Waals surface area contributed by atoms with Crippen molar-refractivity contribution in [2.24, 2.45) is 0 Å². The molecule has 0 radical (unpaired) electrons. The summed E-state index contributed by atoms with van der Waals surface area (Å²) in [6, 6.07) is 9.50. The fraction of sp³-hybridized carbons (Fsp3) is 0.125. The molecule has 0 amide bonds. The van der Waals surface area contributed by atoms with E-state index >= 15 is 0 Å². The zero-order valence-corrected chi connectivity index (χ0v) is 13.0. The highest BCUT2D eigenvalue weighted by Gasteiger charge is 2.23. The lowest BCUT2D eigenvalue weighted by Gasteiger charge is -2.03. The predicted octanol–water partition coefficient (Wildman–Crippen LogP) is 1.42. The number of nitrogens with one attached hydrogen (secondary N) is 1. The van der Waals surface area contributed by atoms with Crippen molar-refractivity contribution in [3.63, 3.8) is 0 Å². The average Bonchev–Trinajstić information content (AvgIpc) is 3.21. The summed E-state index contributed by atoms with van der Waals surface area (Å²) >= 11 is 0. The summed E-state index contributed by atoms with van der Waals surface area (Å²) in [5.41, 5.74) is 16.4. The molecule has 0 spiro atoms. The van der Waals surface area contributed by atoms with E-state index in [2.05, 4.69) is 20.3 Å². The Bertz CT molecular complexity index is 1020. The van der Waals surface area contributed by atoms with E-state index in [1.165, 1.54) is 0 Å². The van der Waals surface area contributed by atoms with Crippen LogP contribution in [-0.2, 0) is 6.54 Å². The minimum atomic E-state index is 0.164. The maximum Gasteiger partial charge on any atom is 0.331 e. The molecule has 1 aromatic carbocycles. The van der Waals surface area contributed by atoms with E-state index in [4.69, 9.17) is 15.9 Å². The quantitative estimate of drug-likeness (QED) is 0.387. The van der Waals surface area contributed by atoms with Crippen LogP contribution in [0.4, 0.5) is 11.6 Å². The monoisotopic (exact) mass is 322 g/mol. The van der Waals surface area contributed by atoms with Crippen LogP contribution < -0.4 is 16.1 Å². The summed E-state index contributed by atoms with van der Waals surface area (Å²) in [4.78, 5) is 8.56. The zero-order chi connectivity index (χ0) is 16.7. The second-order valence-corrected chi connectivity index (χ2v) is 5.57. The Labute approximate surface area is 137 Å². The van der Waals surface area contributed by atoms with Gasteiger partial charge in [-0.1, -0.05) is 17.1 Å². The fourth-order valence-corrected chi connectivity index (χ4v) is 2.62. The molecule has 8 nitrogen and oxygen atoms in total. The van der Waals surface area contributed by atoms with Crippen LogP contribution in [0.3, 0.4) is 0 Å². The molecule has 8 heteroatoms. The Morgan fingerprint density at radius 1 is 1.21 bits per heavy atom. The smallest absolute Gasteiger partial charge is 0.331 e. The van der Waals surface area contributed by atoms with Crippen molar-refractivity contribution in [1.82, 2.24) is 20.3 Å². The number of hydrogen-bond donors (Lipinski definition) is 3. The van der Waals surface area contributed by atoms with Gasteiger partial charge in [-0.2, -0.15) is 9.67 Å². The topological polar surface area (TPSA) is 124 Å². The highest BCUT2D eigenvalue weighted by atomic mass is 16.3. The lowest BCUT2D eigenvalue weighted by molar-refractivity contribution is -0.724. The third-order valence-corrected chi connectivity index (χ3v) is 3.85. The van der Waals surface area contributed by atoms with E-state index < -0.39 is 0 Å². The summed E-state index contributed by atoms with van der Waals surface area (Å²) in [6.45, 7) is 2.54. The van der Waals surface area contributed by atoms with Crippen LogP contribution in [0, 0.1) is 6.92 Å². The first-order valence-electron chi connectivity index (χ1n) is 7.42. The van der Waals surface area contributed by atoms with Crippen LogP contribution in [0.25, 0.3) is 22.6 Å². The van der Waals surface area contributed by atoms with E-state index in [1.54, 1.807) is 12.3 Å². The molecule has 0 saturated heterocycles. The molecule has 24 heavy (non-hydrogen) atoms. The molecule has 0 aliphatic carbocycles. The van der Waals surface area contributed by atoms with E-state index in [0.717, 1.165) is 16.8 Å². The Kier molecular flexibility index (Phi) is 3.16. The van der Waals surface area contributed by atoms with Crippen molar-refractivity contribution < 1.29 is 9.10 Å². The molecule has 4 aromatic rings. The molecule has 0 saturated carbocycles. The predicted molar refractivity (Wildman–Crippen MR) is 88.7 cm³/mol. The van der Waals surface area contributed by atoms with Crippen molar-refractivity contribution in [3.05, 3.63) is 47.7 Å². The molecule has 0 aliphatic rings. The van der Waals surface area contributed by atoms with Crippen LogP contribution in [-0.4, -0.2) is 20.3 Å². The van der Waals surface area contributed by atoms with Crippen LogP contribution in [0.2, 0.25) is 0 Å². The molecule has 120 valence electrons. The number of benzene rings is 1. The molecule has 0 fully saturated rings. The number of nitrogens with zero attached hydrogens (tertiary/aromatic N) is 4. The number of nitrogens with two attached hydrogens (primary N) is 2. The fourth-order valence-electron chi connectivity index (χ4n) is 2.62. The first-order valence-corrected chi connectivity index (χ1v) is 7.42. The highest BCUT2D eigenvalue weighted by molar-refractivity contribution is 5.83. The van der Waals surface area contributed by atoms with Gasteiger partial charge in [0.15, 0.2) is 11.5 Å². The van der Waals surface area contributed by atoms with Crippen LogP contribution in [0.15, 0.2) is 41.0 Å². The average molecular weight is 322 g/mol. The van der Waals surface area contributed by atoms with Crippen molar-refractivity contribution >= 4 is 22.8 Å². The van der Waals surface area contributed by atoms with Crippen LogP contribution in [0.1, 0.15) is 11.1 Å². The van der Waals surface area contributed by atoms with Crippen molar-refractivity contribution in [3.8, 4) is 11.5 Å². The highest BCUT2D eigenvalue weighted by Crippen LogP contribution is 2.24. The second kappa shape index (κ2) is 5.34. The molecule has 0 atom stereocenters. The van der Waals surface area contributed by atoms with Gasteiger partial charge >= 0.3 is 5.65 Å². The van der Waals surface area contributed by atoms with Crippen molar-refractivity contribution in [2.45, 2.75) is 13.5 Å². The maximum absolute atomic E-state index is 5.87. The van der Waals surface area contributed by atoms with Crippen LogP contribution >= 0.6 is 0 Å². The van der Waals surface area contributed by atoms with E-state index in [1.807, 2.05) is 35.9 Å². The van der Waals surface area contributed by atoms with Gasteiger partial charge in [-0.05, 0) is 41.3 Å². The Balaban J connectivity index is 1.81. The number of fused-ring (bicyclic) bond motifs is 1. The standard InChI is InChI=1S/C16H15N7O/c1-9-7-10(4-5-11(9)17)8-23-15-14(21-22-23)13(19-16(18)20-15)12-3-2-6-24-12/h2-7H,8,17H2,1H3,(H2,18,19,20,22)/p+1. The number of aromatic amines is 1. The minimum Gasteiger partial charge on any atom is -0.463 e. The van der Waals surface area contributed by atoms with Gasteiger partial charge in [0, 0.05) is 5.69 Å². The van der Waals surface area contributed by atoms with E-state index in [9.17, 15) is 0 Å². The van der Waals surface area contributed by atoms with Gasteiger partial charge in [0.2, 0.25) is 0 Å². The number of hydrogen-bond acceptors (Lipinski definition) is 6. The lowest BCUT2D eigenvalue weighted by atomic mass is 10.1. The van der Waals surface area contributed by atoms with Gasteiger partial charge in [0.1, 0.15) is 6.54 Å². The van der Waals surface area contributed by atoms with E-state index in [-0.39, 0.29) is 5.95 Å².